The molecular weight excluding hydrogens is 305 g/mol. The van der Waals surface area contributed by atoms with Crippen molar-refractivity contribution in [1.82, 2.24) is 10.6 Å². The third kappa shape index (κ3) is 2.90. The standard InChI is InChI=1S/C19H26FN3O/c1-21-18(23-16-11-15-7-8-17(16)24-15)22-12-19(9-2-10-19)13-3-5-14(20)6-4-13/h3-6,15-17H,2,7-12H2,1H3,(H2,21,22,23). The molecule has 130 valence electrons. The molecule has 2 N–H and O–H groups in total. The summed E-state index contributed by atoms with van der Waals surface area (Å²) < 4.78 is 19.1. The maximum absolute atomic E-state index is 13.2. The van der Waals surface area contributed by atoms with E-state index < -0.39 is 0 Å². The average Bonchev–Trinajstić information content (AvgIpc) is 3.17. The van der Waals surface area contributed by atoms with Gasteiger partial charge < -0.3 is 15.4 Å². The van der Waals surface area contributed by atoms with Crippen LogP contribution in [0, 0.1) is 5.82 Å². The van der Waals surface area contributed by atoms with E-state index >= 15 is 0 Å². The molecule has 3 fully saturated rings. The van der Waals surface area contributed by atoms with Crippen LogP contribution in [-0.4, -0.2) is 37.8 Å². The van der Waals surface area contributed by atoms with Gasteiger partial charge in [-0.15, -0.1) is 0 Å². The molecule has 2 aliphatic heterocycles. The van der Waals surface area contributed by atoms with Gasteiger partial charge in [0.25, 0.3) is 0 Å². The Hall–Kier alpha value is -1.62. The summed E-state index contributed by atoms with van der Waals surface area (Å²) in [6.45, 7) is 0.833. The van der Waals surface area contributed by atoms with Gasteiger partial charge in [0.1, 0.15) is 5.82 Å². The second-order valence-electron chi connectivity index (χ2n) is 7.43. The van der Waals surface area contributed by atoms with E-state index in [1.165, 1.54) is 18.4 Å². The second kappa shape index (κ2) is 6.36. The molecule has 0 spiro atoms. The Morgan fingerprint density at radius 2 is 2.08 bits per heavy atom. The van der Waals surface area contributed by atoms with Gasteiger partial charge in [-0.1, -0.05) is 18.6 Å². The number of benzene rings is 1. The molecule has 3 unspecified atom stereocenters. The molecule has 0 aromatic heterocycles. The summed E-state index contributed by atoms with van der Waals surface area (Å²) in [5.74, 6) is 0.680. The predicted molar refractivity (Wildman–Crippen MR) is 92.7 cm³/mol. The SMILES string of the molecule is CN=C(NCC1(c2ccc(F)cc2)CCC1)NC1CC2CCC1O2. The zero-order chi connectivity index (χ0) is 16.6. The van der Waals surface area contributed by atoms with Crippen LogP contribution in [-0.2, 0) is 10.2 Å². The Labute approximate surface area is 142 Å². The minimum Gasteiger partial charge on any atom is -0.373 e. The molecule has 1 aromatic rings. The number of guanidine groups is 1. The van der Waals surface area contributed by atoms with Crippen LogP contribution in [0.1, 0.15) is 44.1 Å². The van der Waals surface area contributed by atoms with E-state index in [0.717, 1.165) is 38.2 Å². The molecule has 4 nitrogen and oxygen atoms in total. The Morgan fingerprint density at radius 3 is 2.62 bits per heavy atom. The van der Waals surface area contributed by atoms with Gasteiger partial charge in [-0.05, 0) is 49.8 Å². The lowest BCUT2D eigenvalue weighted by molar-refractivity contribution is 0.0992. The van der Waals surface area contributed by atoms with Gasteiger partial charge in [0, 0.05) is 19.0 Å². The molecule has 24 heavy (non-hydrogen) atoms. The number of nitrogens with one attached hydrogen (secondary N) is 2. The fourth-order valence-electron chi connectivity index (χ4n) is 4.39. The lowest BCUT2D eigenvalue weighted by Gasteiger charge is -2.43. The monoisotopic (exact) mass is 331 g/mol. The summed E-state index contributed by atoms with van der Waals surface area (Å²) in [7, 11) is 1.81. The van der Waals surface area contributed by atoms with Gasteiger partial charge in [-0.3, -0.25) is 4.99 Å². The Balaban J connectivity index is 1.38. The highest BCUT2D eigenvalue weighted by atomic mass is 19.1. The second-order valence-corrected chi connectivity index (χ2v) is 7.43. The van der Waals surface area contributed by atoms with Crippen LogP contribution in [0.3, 0.4) is 0 Å². The first-order valence-electron chi connectivity index (χ1n) is 9.07. The summed E-state index contributed by atoms with van der Waals surface area (Å²) in [5, 5.41) is 7.03. The first kappa shape index (κ1) is 15.9. The van der Waals surface area contributed by atoms with Crippen molar-refractivity contribution in [2.24, 2.45) is 4.99 Å². The Bertz CT molecular complexity index is 612. The van der Waals surface area contributed by atoms with Gasteiger partial charge in [-0.2, -0.15) is 0 Å². The van der Waals surface area contributed by atoms with E-state index in [4.69, 9.17) is 4.74 Å². The predicted octanol–water partition coefficient (Wildman–Crippen LogP) is 2.73. The van der Waals surface area contributed by atoms with Gasteiger partial charge in [0.2, 0.25) is 0 Å². The molecule has 0 amide bonds. The smallest absolute Gasteiger partial charge is 0.191 e. The number of halogens is 1. The summed E-state index contributed by atoms with van der Waals surface area (Å²) in [5.41, 5.74) is 1.33. The lowest BCUT2D eigenvalue weighted by Crippen LogP contribution is -2.52. The van der Waals surface area contributed by atoms with Crippen molar-refractivity contribution in [3.8, 4) is 0 Å². The fourth-order valence-corrected chi connectivity index (χ4v) is 4.39. The molecule has 2 heterocycles. The number of hydrogen-bond acceptors (Lipinski definition) is 2. The minimum absolute atomic E-state index is 0.108. The first-order chi connectivity index (χ1) is 11.7. The molecule has 1 aliphatic carbocycles. The van der Waals surface area contributed by atoms with Crippen LogP contribution in [0.2, 0.25) is 0 Å². The molecule has 5 heteroatoms. The van der Waals surface area contributed by atoms with Crippen molar-refractivity contribution in [2.45, 2.75) is 62.2 Å². The lowest BCUT2D eigenvalue weighted by atomic mass is 9.64. The highest BCUT2D eigenvalue weighted by Gasteiger charge is 2.42. The van der Waals surface area contributed by atoms with E-state index in [9.17, 15) is 4.39 Å². The highest BCUT2D eigenvalue weighted by molar-refractivity contribution is 5.80. The van der Waals surface area contributed by atoms with Crippen molar-refractivity contribution < 1.29 is 9.13 Å². The highest BCUT2D eigenvalue weighted by Crippen LogP contribution is 2.43. The van der Waals surface area contributed by atoms with Crippen LogP contribution < -0.4 is 10.6 Å². The maximum Gasteiger partial charge on any atom is 0.191 e. The van der Waals surface area contributed by atoms with Crippen LogP contribution in [0.25, 0.3) is 0 Å². The third-order valence-corrected chi connectivity index (χ3v) is 6.01. The van der Waals surface area contributed by atoms with Crippen LogP contribution in [0.15, 0.2) is 29.3 Å². The Kier molecular flexibility index (Phi) is 4.21. The molecule has 3 aliphatic rings. The average molecular weight is 331 g/mol. The zero-order valence-electron chi connectivity index (χ0n) is 14.2. The van der Waals surface area contributed by atoms with E-state index in [0.29, 0.717) is 18.2 Å². The van der Waals surface area contributed by atoms with Crippen LogP contribution in [0.5, 0.6) is 0 Å². The van der Waals surface area contributed by atoms with Crippen molar-refractivity contribution in [3.63, 3.8) is 0 Å². The molecule has 4 rings (SSSR count). The maximum atomic E-state index is 13.2. The van der Waals surface area contributed by atoms with E-state index in [2.05, 4.69) is 15.6 Å². The number of rotatable bonds is 4. The van der Waals surface area contributed by atoms with Gasteiger partial charge in [0.05, 0.1) is 18.2 Å². The van der Waals surface area contributed by atoms with E-state index in [-0.39, 0.29) is 11.2 Å². The Morgan fingerprint density at radius 1 is 1.29 bits per heavy atom. The quantitative estimate of drug-likeness (QED) is 0.659. The summed E-state index contributed by atoms with van der Waals surface area (Å²) in [6, 6.07) is 7.36. The summed E-state index contributed by atoms with van der Waals surface area (Å²) in [6.07, 6.45) is 7.70. The first-order valence-corrected chi connectivity index (χ1v) is 9.07. The number of ether oxygens (including phenoxy) is 1. The van der Waals surface area contributed by atoms with Crippen molar-refractivity contribution in [1.29, 1.82) is 0 Å². The van der Waals surface area contributed by atoms with E-state index in [1.807, 2.05) is 19.2 Å². The van der Waals surface area contributed by atoms with Crippen LogP contribution in [0.4, 0.5) is 4.39 Å². The van der Waals surface area contributed by atoms with Crippen LogP contribution >= 0.6 is 0 Å². The number of aliphatic imine (C=N–C) groups is 1. The van der Waals surface area contributed by atoms with Gasteiger partial charge >= 0.3 is 0 Å². The summed E-state index contributed by atoms with van der Waals surface area (Å²) >= 11 is 0. The molecule has 2 saturated heterocycles. The fraction of sp³-hybridized carbons (Fsp3) is 0.632. The normalized spacial score (nSPS) is 30.9. The zero-order valence-corrected chi connectivity index (χ0v) is 14.2. The van der Waals surface area contributed by atoms with E-state index in [1.54, 1.807) is 12.1 Å². The van der Waals surface area contributed by atoms with Gasteiger partial charge in [0.15, 0.2) is 5.96 Å². The topological polar surface area (TPSA) is 45.7 Å². The minimum atomic E-state index is -0.171. The molecule has 1 saturated carbocycles. The molecule has 0 radical (unpaired) electrons. The molecule has 1 aromatic carbocycles. The van der Waals surface area contributed by atoms with Crippen molar-refractivity contribution >= 4 is 5.96 Å². The third-order valence-electron chi connectivity index (χ3n) is 6.01. The molecule has 2 bridgehead atoms. The number of fused-ring (bicyclic) bond motifs is 2. The van der Waals surface area contributed by atoms with Gasteiger partial charge in [-0.25, -0.2) is 4.39 Å². The summed E-state index contributed by atoms with van der Waals surface area (Å²) in [4.78, 5) is 4.38. The molecular formula is C19H26FN3O. The molecule has 3 atom stereocenters. The number of nitrogens with zero attached hydrogens (tertiary/aromatic N) is 1. The van der Waals surface area contributed by atoms with Crippen molar-refractivity contribution in [3.05, 3.63) is 35.6 Å². The largest absolute Gasteiger partial charge is 0.373 e. The number of hydrogen-bond donors (Lipinski definition) is 2. The van der Waals surface area contributed by atoms with Crippen molar-refractivity contribution in [2.75, 3.05) is 13.6 Å².